The van der Waals surface area contributed by atoms with Gasteiger partial charge in [0.1, 0.15) is 12.2 Å². The van der Waals surface area contributed by atoms with Gasteiger partial charge in [0, 0.05) is 19.4 Å². The van der Waals surface area contributed by atoms with Gasteiger partial charge in [0.15, 0.2) is 5.79 Å². The Hall–Kier alpha value is -1.47. The molecule has 7 nitrogen and oxygen atoms in total. The lowest BCUT2D eigenvalue weighted by molar-refractivity contribution is -0.180. The van der Waals surface area contributed by atoms with E-state index in [1.54, 1.807) is 6.92 Å². The molecule has 0 aromatic heterocycles. The number of ether oxygens (including phenoxy) is 3. The van der Waals surface area contributed by atoms with Crippen LogP contribution in [0, 0.1) is 0 Å². The molecule has 0 radical (unpaired) electrons. The monoisotopic (exact) mass is 299 g/mol. The van der Waals surface area contributed by atoms with Gasteiger partial charge in [-0.05, 0) is 13.8 Å². The minimum Gasteiger partial charge on any atom is -0.466 e. The minimum atomic E-state index is -0.893. The highest BCUT2D eigenvalue weighted by atomic mass is 16.7. The van der Waals surface area contributed by atoms with E-state index in [2.05, 4.69) is 0 Å². The first-order chi connectivity index (χ1) is 9.98. The van der Waals surface area contributed by atoms with Gasteiger partial charge in [0.25, 0.3) is 0 Å². The van der Waals surface area contributed by atoms with E-state index in [0.29, 0.717) is 26.2 Å². The van der Waals surface area contributed by atoms with Gasteiger partial charge >= 0.3 is 5.97 Å². The second kappa shape index (κ2) is 6.53. The first-order valence-electron chi connectivity index (χ1n) is 7.21. The average molecular weight is 299 g/mol. The Balaban J connectivity index is 2.08. The molecule has 0 saturated carbocycles. The highest BCUT2D eigenvalue weighted by Gasteiger charge is 2.53. The molecule has 21 heavy (non-hydrogen) atoms. The van der Waals surface area contributed by atoms with Gasteiger partial charge < -0.3 is 19.1 Å². The van der Waals surface area contributed by atoms with Gasteiger partial charge in [0.2, 0.25) is 5.91 Å². The predicted molar refractivity (Wildman–Crippen MR) is 71.3 cm³/mol. The van der Waals surface area contributed by atoms with Crippen molar-refractivity contribution < 1.29 is 28.6 Å². The van der Waals surface area contributed by atoms with E-state index in [-0.39, 0.29) is 31.1 Å². The van der Waals surface area contributed by atoms with Crippen LogP contribution in [-0.4, -0.2) is 60.8 Å². The molecule has 0 aromatic carbocycles. The summed E-state index contributed by atoms with van der Waals surface area (Å²) in [5.74, 6) is -1.85. The third-order valence-corrected chi connectivity index (χ3v) is 3.76. The van der Waals surface area contributed by atoms with Crippen LogP contribution in [-0.2, 0) is 28.6 Å². The van der Waals surface area contributed by atoms with Crippen LogP contribution in [0.2, 0.25) is 0 Å². The Morgan fingerprint density at radius 2 is 1.95 bits per heavy atom. The first-order valence-corrected chi connectivity index (χ1v) is 7.21. The fraction of sp³-hybridized carbons (Fsp3) is 0.786. The Bertz CT molecular complexity index is 429. The summed E-state index contributed by atoms with van der Waals surface area (Å²) < 4.78 is 16.1. The fourth-order valence-corrected chi connectivity index (χ4v) is 2.92. The lowest BCUT2D eigenvalue weighted by Crippen LogP contribution is -2.49. The van der Waals surface area contributed by atoms with Gasteiger partial charge in [0.05, 0.1) is 25.9 Å². The van der Waals surface area contributed by atoms with Crippen molar-refractivity contribution in [1.29, 1.82) is 0 Å². The predicted octanol–water partition coefficient (Wildman–Crippen LogP) is 0.263. The molecule has 2 heterocycles. The highest BCUT2D eigenvalue weighted by molar-refractivity contribution is 5.94. The Labute approximate surface area is 123 Å². The van der Waals surface area contributed by atoms with E-state index in [4.69, 9.17) is 14.2 Å². The molecule has 2 fully saturated rings. The highest BCUT2D eigenvalue weighted by Crippen LogP contribution is 2.38. The number of esters is 1. The molecule has 2 rings (SSSR count). The smallest absolute Gasteiger partial charge is 0.315 e. The SMILES string of the molecule is CCOC(=O)CC(=O)N1CCC2(OCCO2)C1CC(C)=O. The molecular formula is C14H21NO6. The standard InChI is InChI=1S/C14H21NO6/c1-3-19-13(18)9-12(17)15-5-4-14(20-6-7-21-14)11(15)8-10(2)16/h11H,3-9H2,1-2H3. The molecule has 0 bridgehead atoms. The van der Waals surface area contributed by atoms with Crippen molar-refractivity contribution >= 4 is 17.7 Å². The van der Waals surface area contributed by atoms with Crippen LogP contribution in [0.3, 0.4) is 0 Å². The molecule has 2 aliphatic rings. The van der Waals surface area contributed by atoms with Crippen LogP contribution in [0.25, 0.3) is 0 Å². The van der Waals surface area contributed by atoms with E-state index in [0.717, 1.165) is 0 Å². The van der Waals surface area contributed by atoms with Gasteiger partial charge in [-0.1, -0.05) is 0 Å². The molecule has 0 aromatic rings. The number of hydrogen-bond acceptors (Lipinski definition) is 6. The van der Waals surface area contributed by atoms with Crippen LogP contribution in [0.15, 0.2) is 0 Å². The van der Waals surface area contributed by atoms with Crippen molar-refractivity contribution in [2.24, 2.45) is 0 Å². The normalized spacial score (nSPS) is 23.5. The number of likely N-dealkylation sites (tertiary alicyclic amines) is 1. The number of ketones is 1. The Kier molecular flexibility index (Phi) is 4.95. The van der Waals surface area contributed by atoms with Gasteiger partial charge in [-0.15, -0.1) is 0 Å². The topological polar surface area (TPSA) is 82.1 Å². The zero-order chi connectivity index (χ0) is 15.5. The van der Waals surface area contributed by atoms with Gasteiger partial charge in [-0.25, -0.2) is 0 Å². The third kappa shape index (κ3) is 3.41. The van der Waals surface area contributed by atoms with Gasteiger partial charge in [-0.3, -0.25) is 14.4 Å². The van der Waals surface area contributed by atoms with Crippen LogP contribution < -0.4 is 0 Å². The maximum Gasteiger partial charge on any atom is 0.315 e. The summed E-state index contributed by atoms with van der Waals surface area (Å²) in [5, 5.41) is 0. The number of rotatable bonds is 5. The second-order valence-electron chi connectivity index (χ2n) is 5.25. The molecule has 1 spiro atoms. The zero-order valence-electron chi connectivity index (χ0n) is 12.4. The van der Waals surface area contributed by atoms with Crippen LogP contribution >= 0.6 is 0 Å². The molecule has 118 valence electrons. The van der Waals surface area contributed by atoms with Crippen molar-refractivity contribution in [1.82, 2.24) is 4.90 Å². The molecule has 2 aliphatic heterocycles. The molecule has 2 saturated heterocycles. The van der Waals surface area contributed by atoms with Crippen LogP contribution in [0.1, 0.15) is 33.1 Å². The summed E-state index contributed by atoms with van der Waals surface area (Å²) in [7, 11) is 0. The maximum absolute atomic E-state index is 12.3. The lowest BCUT2D eigenvalue weighted by atomic mass is 10.0. The minimum absolute atomic E-state index is 0.0469. The molecule has 7 heteroatoms. The van der Waals surface area contributed by atoms with E-state index in [1.165, 1.54) is 11.8 Å². The zero-order valence-corrected chi connectivity index (χ0v) is 12.4. The van der Waals surface area contributed by atoms with Gasteiger partial charge in [-0.2, -0.15) is 0 Å². The maximum atomic E-state index is 12.3. The Morgan fingerprint density at radius 3 is 2.52 bits per heavy atom. The van der Waals surface area contributed by atoms with Crippen molar-refractivity contribution in [3.8, 4) is 0 Å². The molecule has 0 aliphatic carbocycles. The average Bonchev–Trinajstić information content (AvgIpc) is 2.99. The summed E-state index contributed by atoms with van der Waals surface area (Å²) in [6.45, 7) is 4.71. The molecule has 1 amide bonds. The van der Waals surface area contributed by atoms with Crippen LogP contribution in [0.4, 0.5) is 0 Å². The lowest BCUT2D eigenvalue weighted by Gasteiger charge is -2.32. The third-order valence-electron chi connectivity index (χ3n) is 3.76. The van der Waals surface area contributed by atoms with Crippen molar-refractivity contribution in [2.75, 3.05) is 26.4 Å². The largest absolute Gasteiger partial charge is 0.466 e. The number of nitrogens with zero attached hydrogens (tertiary/aromatic N) is 1. The van der Waals surface area contributed by atoms with Crippen molar-refractivity contribution in [3.63, 3.8) is 0 Å². The van der Waals surface area contributed by atoms with E-state index in [9.17, 15) is 14.4 Å². The summed E-state index contributed by atoms with van der Waals surface area (Å²) >= 11 is 0. The summed E-state index contributed by atoms with van der Waals surface area (Å²) in [6.07, 6.45) is 0.354. The summed E-state index contributed by atoms with van der Waals surface area (Å²) in [6, 6.07) is -0.473. The summed E-state index contributed by atoms with van der Waals surface area (Å²) in [5.41, 5.74) is 0. The molecule has 1 unspecified atom stereocenters. The number of amides is 1. The quantitative estimate of drug-likeness (QED) is 0.535. The number of carbonyl (C=O) groups excluding carboxylic acids is 3. The number of carbonyl (C=O) groups is 3. The second-order valence-corrected chi connectivity index (χ2v) is 5.25. The van der Waals surface area contributed by atoms with Crippen molar-refractivity contribution in [3.05, 3.63) is 0 Å². The van der Waals surface area contributed by atoms with E-state index in [1.807, 2.05) is 0 Å². The number of hydrogen-bond donors (Lipinski definition) is 0. The number of Topliss-reactive ketones (excluding diaryl/α,β-unsaturated/α-hetero) is 1. The molecule has 0 N–H and O–H groups in total. The van der Waals surface area contributed by atoms with E-state index < -0.39 is 17.8 Å². The van der Waals surface area contributed by atoms with Crippen molar-refractivity contribution in [2.45, 2.75) is 44.9 Å². The Morgan fingerprint density at radius 1 is 1.29 bits per heavy atom. The summed E-state index contributed by atoms with van der Waals surface area (Å²) in [4.78, 5) is 36.7. The van der Waals surface area contributed by atoms with Crippen LogP contribution in [0.5, 0.6) is 0 Å². The first kappa shape index (κ1) is 15.9. The molecule has 1 atom stereocenters. The van der Waals surface area contributed by atoms with E-state index >= 15 is 0 Å². The fourth-order valence-electron chi connectivity index (χ4n) is 2.92. The molecular weight excluding hydrogens is 278 g/mol.